The van der Waals surface area contributed by atoms with Crippen molar-refractivity contribution in [2.24, 2.45) is 4.99 Å². The summed E-state index contributed by atoms with van der Waals surface area (Å²) >= 11 is 0. The fourth-order valence-corrected chi connectivity index (χ4v) is 2.66. The van der Waals surface area contributed by atoms with Gasteiger partial charge in [-0.3, -0.25) is 4.99 Å². The van der Waals surface area contributed by atoms with E-state index in [1.165, 1.54) is 5.56 Å². The van der Waals surface area contributed by atoms with Crippen molar-refractivity contribution in [1.29, 1.82) is 0 Å². The smallest absolute Gasteiger partial charge is 0.124 e. The number of rotatable bonds is 4. The number of hydrogen-bond acceptors (Lipinski definition) is 3. The van der Waals surface area contributed by atoms with Gasteiger partial charge >= 0.3 is 0 Å². The maximum Gasteiger partial charge on any atom is 0.124 e. The van der Waals surface area contributed by atoms with E-state index in [1.54, 1.807) is 12.1 Å². The predicted octanol–water partition coefficient (Wildman–Crippen LogP) is 5.72. The third-order valence-electron chi connectivity index (χ3n) is 4.16. The fraction of sp³-hybridized carbons (Fsp3) is 0.182. The first kappa shape index (κ1) is 16.9. The fourth-order valence-electron chi connectivity index (χ4n) is 2.66. The number of benzene rings is 2. The van der Waals surface area contributed by atoms with E-state index in [1.807, 2.05) is 49.4 Å². The Kier molecular flexibility index (Phi) is 4.94. The first-order chi connectivity index (χ1) is 12.0. The lowest BCUT2D eigenvalue weighted by molar-refractivity contribution is 0.477. The summed E-state index contributed by atoms with van der Waals surface area (Å²) in [5, 5.41) is 10.0. The van der Waals surface area contributed by atoms with Gasteiger partial charge < -0.3 is 5.11 Å². The molecule has 2 aromatic carbocycles. The molecular formula is C22H22N2O. The minimum absolute atomic E-state index is 0.228. The first-order valence-electron chi connectivity index (χ1n) is 8.45. The second kappa shape index (κ2) is 7.31. The van der Waals surface area contributed by atoms with Crippen molar-refractivity contribution in [3.8, 4) is 17.0 Å². The summed E-state index contributed by atoms with van der Waals surface area (Å²) in [6.45, 7) is 6.31. The number of nitrogens with zero attached hydrogens (tertiary/aromatic N) is 2. The van der Waals surface area contributed by atoms with Gasteiger partial charge in [-0.1, -0.05) is 44.2 Å². The highest BCUT2D eigenvalue weighted by molar-refractivity contribution is 5.99. The van der Waals surface area contributed by atoms with Crippen LogP contribution in [0, 0.1) is 0 Å². The van der Waals surface area contributed by atoms with Crippen LogP contribution in [0.15, 0.2) is 71.7 Å². The highest BCUT2D eigenvalue weighted by atomic mass is 16.3. The van der Waals surface area contributed by atoms with Crippen molar-refractivity contribution in [2.45, 2.75) is 26.7 Å². The molecule has 0 radical (unpaired) electrons. The number of aliphatic imine (C=N–C) groups is 1. The second-order valence-corrected chi connectivity index (χ2v) is 6.37. The van der Waals surface area contributed by atoms with E-state index < -0.39 is 0 Å². The van der Waals surface area contributed by atoms with Gasteiger partial charge in [-0.05, 0) is 54.8 Å². The Labute approximate surface area is 148 Å². The van der Waals surface area contributed by atoms with Gasteiger partial charge in [0.2, 0.25) is 0 Å². The first-order valence-corrected chi connectivity index (χ1v) is 8.45. The molecular weight excluding hydrogens is 308 g/mol. The molecule has 1 aromatic heterocycles. The van der Waals surface area contributed by atoms with Crippen molar-refractivity contribution in [3.05, 3.63) is 78.0 Å². The lowest BCUT2D eigenvalue weighted by atomic mass is 10.0. The summed E-state index contributed by atoms with van der Waals surface area (Å²) < 4.78 is 0. The molecule has 3 aromatic rings. The Morgan fingerprint density at radius 2 is 1.64 bits per heavy atom. The molecule has 0 spiro atoms. The molecule has 0 aliphatic carbocycles. The quantitative estimate of drug-likeness (QED) is 0.622. The van der Waals surface area contributed by atoms with Gasteiger partial charge in [-0.15, -0.1) is 0 Å². The topological polar surface area (TPSA) is 45.5 Å². The van der Waals surface area contributed by atoms with Crippen LogP contribution >= 0.6 is 0 Å². The van der Waals surface area contributed by atoms with E-state index in [2.05, 4.69) is 36.0 Å². The van der Waals surface area contributed by atoms with Crippen molar-refractivity contribution in [1.82, 2.24) is 4.98 Å². The number of phenols is 1. The van der Waals surface area contributed by atoms with Crippen molar-refractivity contribution >= 4 is 11.4 Å². The van der Waals surface area contributed by atoms with Crippen molar-refractivity contribution < 1.29 is 5.11 Å². The Balaban J connectivity index is 1.91. The SMILES string of the molecule is CC(=Nc1ccc(C(C)C)cc1)c1cccc(-c2ccccc2O)n1. The summed E-state index contributed by atoms with van der Waals surface area (Å²) in [5.41, 5.74) is 5.31. The van der Waals surface area contributed by atoms with E-state index in [0.29, 0.717) is 5.92 Å². The molecule has 0 fully saturated rings. The molecule has 0 aliphatic rings. The highest BCUT2D eigenvalue weighted by Crippen LogP contribution is 2.27. The Hall–Kier alpha value is -2.94. The molecule has 0 atom stereocenters. The summed E-state index contributed by atoms with van der Waals surface area (Å²) in [4.78, 5) is 9.33. The number of aromatic hydroxyl groups is 1. The molecule has 126 valence electrons. The van der Waals surface area contributed by atoms with Gasteiger partial charge in [0.25, 0.3) is 0 Å². The Morgan fingerprint density at radius 1 is 0.920 bits per heavy atom. The van der Waals surface area contributed by atoms with Crippen LogP contribution in [0.4, 0.5) is 5.69 Å². The van der Waals surface area contributed by atoms with E-state index >= 15 is 0 Å². The molecule has 3 nitrogen and oxygen atoms in total. The van der Waals surface area contributed by atoms with Crippen molar-refractivity contribution in [3.63, 3.8) is 0 Å². The molecule has 0 amide bonds. The minimum Gasteiger partial charge on any atom is -0.507 e. The van der Waals surface area contributed by atoms with Gasteiger partial charge in [0, 0.05) is 5.56 Å². The molecule has 1 heterocycles. The average Bonchev–Trinajstić information content (AvgIpc) is 2.62. The second-order valence-electron chi connectivity index (χ2n) is 6.37. The molecule has 0 saturated heterocycles. The Morgan fingerprint density at radius 3 is 2.32 bits per heavy atom. The predicted molar refractivity (Wildman–Crippen MR) is 104 cm³/mol. The van der Waals surface area contributed by atoms with E-state index in [4.69, 9.17) is 0 Å². The number of aromatic nitrogens is 1. The standard InChI is InChI=1S/C22H22N2O/c1-15(2)17-11-13-18(14-12-17)23-16(3)20-8-6-9-21(24-20)19-7-4-5-10-22(19)25/h4-15,25H,1-3H3. The number of hydrogen-bond donors (Lipinski definition) is 1. The molecule has 3 heteroatoms. The van der Waals surface area contributed by atoms with Crippen molar-refractivity contribution in [2.75, 3.05) is 0 Å². The lowest BCUT2D eigenvalue weighted by Crippen LogP contribution is -1.99. The van der Waals surface area contributed by atoms with Gasteiger partial charge in [0.15, 0.2) is 0 Å². The maximum absolute atomic E-state index is 10.0. The van der Waals surface area contributed by atoms with Gasteiger partial charge in [0.05, 0.1) is 22.8 Å². The molecule has 0 bridgehead atoms. The molecule has 0 aliphatic heterocycles. The van der Waals surface area contributed by atoms with E-state index in [9.17, 15) is 5.11 Å². The molecule has 0 unspecified atom stereocenters. The van der Waals surface area contributed by atoms with Gasteiger partial charge in [-0.2, -0.15) is 0 Å². The maximum atomic E-state index is 10.0. The van der Waals surface area contributed by atoms with Crippen LogP contribution in [0.1, 0.15) is 37.9 Å². The van der Waals surface area contributed by atoms with E-state index in [0.717, 1.165) is 28.4 Å². The lowest BCUT2D eigenvalue weighted by Gasteiger charge is -2.07. The zero-order valence-electron chi connectivity index (χ0n) is 14.8. The van der Waals surface area contributed by atoms with Crippen LogP contribution in [0.25, 0.3) is 11.3 Å². The third-order valence-corrected chi connectivity index (χ3v) is 4.16. The minimum atomic E-state index is 0.228. The third kappa shape index (κ3) is 3.94. The van der Waals surface area contributed by atoms with Crippen LogP contribution in [0.5, 0.6) is 5.75 Å². The number of para-hydroxylation sites is 1. The normalized spacial score (nSPS) is 11.8. The Bertz CT molecular complexity index is 896. The van der Waals surface area contributed by atoms with Crippen LogP contribution in [-0.2, 0) is 0 Å². The summed E-state index contributed by atoms with van der Waals surface area (Å²) in [5.74, 6) is 0.738. The summed E-state index contributed by atoms with van der Waals surface area (Å²) in [7, 11) is 0. The molecule has 1 N–H and O–H groups in total. The van der Waals surface area contributed by atoms with Gasteiger partial charge in [0.1, 0.15) is 5.75 Å². The number of phenolic OH excluding ortho intramolecular Hbond substituents is 1. The van der Waals surface area contributed by atoms with Crippen LogP contribution in [0.2, 0.25) is 0 Å². The van der Waals surface area contributed by atoms with E-state index in [-0.39, 0.29) is 5.75 Å². The van der Waals surface area contributed by atoms with Crippen LogP contribution in [-0.4, -0.2) is 15.8 Å². The molecule has 25 heavy (non-hydrogen) atoms. The number of pyridine rings is 1. The van der Waals surface area contributed by atoms with Gasteiger partial charge in [-0.25, -0.2) is 4.98 Å². The zero-order chi connectivity index (χ0) is 17.8. The molecule has 0 saturated carbocycles. The average molecular weight is 330 g/mol. The summed E-state index contributed by atoms with van der Waals surface area (Å²) in [6, 6.07) is 21.3. The van der Waals surface area contributed by atoms with Crippen LogP contribution in [0.3, 0.4) is 0 Å². The zero-order valence-corrected chi connectivity index (χ0v) is 14.8. The summed E-state index contributed by atoms with van der Waals surface area (Å²) in [6.07, 6.45) is 0. The molecule has 3 rings (SSSR count). The monoisotopic (exact) mass is 330 g/mol. The highest BCUT2D eigenvalue weighted by Gasteiger charge is 2.07. The largest absolute Gasteiger partial charge is 0.507 e. The van der Waals surface area contributed by atoms with Crippen LogP contribution < -0.4 is 0 Å².